The van der Waals surface area contributed by atoms with Crippen LogP contribution in [0.1, 0.15) is 50.5 Å². The van der Waals surface area contributed by atoms with E-state index in [2.05, 4.69) is 9.97 Å². The van der Waals surface area contributed by atoms with Crippen LogP contribution < -0.4 is 11.3 Å². The molecule has 19 heavy (non-hydrogen) atoms. The Balaban J connectivity index is 2.37. The molecule has 5 nitrogen and oxygen atoms in total. The lowest BCUT2D eigenvalue weighted by Gasteiger charge is -2.36. The minimum atomic E-state index is -0.406. The van der Waals surface area contributed by atoms with Gasteiger partial charge in [-0.3, -0.25) is 4.79 Å². The lowest BCUT2D eigenvalue weighted by molar-refractivity contribution is -0.0769. The van der Waals surface area contributed by atoms with Gasteiger partial charge in [0.15, 0.2) is 0 Å². The highest BCUT2D eigenvalue weighted by atomic mass is 16.5. The summed E-state index contributed by atoms with van der Waals surface area (Å²) in [5.74, 6) is 0.685. The van der Waals surface area contributed by atoms with Gasteiger partial charge in [-0.25, -0.2) is 4.98 Å². The van der Waals surface area contributed by atoms with Crippen molar-refractivity contribution >= 4 is 0 Å². The summed E-state index contributed by atoms with van der Waals surface area (Å²) in [7, 11) is 0. The summed E-state index contributed by atoms with van der Waals surface area (Å²) >= 11 is 0. The minimum absolute atomic E-state index is 0.113. The van der Waals surface area contributed by atoms with E-state index in [1.54, 1.807) is 0 Å². The molecule has 0 aromatic carbocycles. The molecule has 106 valence electrons. The van der Waals surface area contributed by atoms with Crippen molar-refractivity contribution in [1.82, 2.24) is 9.97 Å². The fourth-order valence-electron chi connectivity index (χ4n) is 2.85. The predicted octanol–water partition coefficient (Wildman–Crippen LogP) is 1.47. The molecular formula is C14H23N3O2. The first-order chi connectivity index (χ1) is 9.20. The zero-order valence-electron chi connectivity index (χ0n) is 11.6. The molecule has 1 aliphatic rings. The highest BCUT2D eigenvalue weighted by molar-refractivity contribution is 5.10. The van der Waals surface area contributed by atoms with Crippen molar-refractivity contribution in [3.05, 3.63) is 27.9 Å². The SMILES string of the molecule is CCOC1(c2nc(CCN)cc(=O)[nH]2)CCCCC1. The molecule has 0 saturated heterocycles. The topological polar surface area (TPSA) is 81.0 Å². The van der Waals surface area contributed by atoms with Gasteiger partial charge in [-0.2, -0.15) is 0 Å². The van der Waals surface area contributed by atoms with Crippen LogP contribution in [0.2, 0.25) is 0 Å². The highest BCUT2D eigenvalue weighted by Gasteiger charge is 2.37. The molecule has 2 rings (SSSR count). The number of nitrogens with two attached hydrogens (primary N) is 1. The number of hydrogen-bond donors (Lipinski definition) is 2. The van der Waals surface area contributed by atoms with E-state index in [0.717, 1.165) is 31.4 Å². The van der Waals surface area contributed by atoms with Crippen LogP contribution in [0.4, 0.5) is 0 Å². The Kier molecular flexibility index (Phi) is 4.71. The van der Waals surface area contributed by atoms with Gasteiger partial charge < -0.3 is 15.5 Å². The molecule has 0 atom stereocenters. The Bertz CT molecular complexity index is 458. The Hall–Kier alpha value is -1.20. The molecule has 0 amide bonds. The molecule has 1 heterocycles. The highest BCUT2D eigenvalue weighted by Crippen LogP contribution is 2.38. The van der Waals surface area contributed by atoms with E-state index in [0.29, 0.717) is 25.4 Å². The second-order valence-corrected chi connectivity index (χ2v) is 5.11. The number of nitrogens with zero attached hydrogens (tertiary/aromatic N) is 1. The molecule has 1 fully saturated rings. The largest absolute Gasteiger partial charge is 0.367 e. The van der Waals surface area contributed by atoms with Crippen molar-refractivity contribution in [3.8, 4) is 0 Å². The number of aromatic amines is 1. The van der Waals surface area contributed by atoms with Gasteiger partial charge in [0.05, 0.1) is 0 Å². The van der Waals surface area contributed by atoms with Crippen LogP contribution in [0.25, 0.3) is 0 Å². The predicted molar refractivity (Wildman–Crippen MR) is 74.0 cm³/mol. The monoisotopic (exact) mass is 265 g/mol. The summed E-state index contributed by atoms with van der Waals surface area (Å²) in [5.41, 5.74) is 5.78. The summed E-state index contributed by atoms with van der Waals surface area (Å²) < 4.78 is 5.98. The van der Waals surface area contributed by atoms with Crippen LogP contribution in [0.5, 0.6) is 0 Å². The van der Waals surface area contributed by atoms with Crippen molar-refractivity contribution in [3.63, 3.8) is 0 Å². The van der Waals surface area contributed by atoms with Crippen LogP contribution in [0, 0.1) is 0 Å². The van der Waals surface area contributed by atoms with Crippen molar-refractivity contribution in [1.29, 1.82) is 0 Å². The zero-order chi connectivity index (χ0) is 13.7. The lowest BCUT2D eigenvalue weighted by atomic mass is 9.83. The molecule has 3 N–H and O–H groups in total. The molecule has 0 unspecified atom stereocenters. The summed E-state index contributed by atoms with van der Waals surface area (Å²) in [6, 6.07) is 1.53. The molecule has 1 saturated carbocycles. The van der Waals surface area contributed by atoms with E-state index >= 15 is 0 Å². The first kappa shape index (κ1) is 14.2. The smallest absolute Gasteiger partial charge is 0.251 e. The molecule has 1 aromatic rings. The lowest BCUT2D eigenvalue weighted by Crippen LogP contribution is -2.36. The van der Waals surface area contributed by atoms with E-state index in [4.69, 9.17) is 10.5 Å². The first-order valence-electron chi connectivity index (χ1n) is 7.15. The molecule has 0 radical (unpaired) electrons. The second-order valence-electron chi connectivity index (χ2n) is 5.11. The van der Waals surface area contributed by atoms with Crippen LogP contribution in [-0.4, -0.2) is 23.1 Å². The number of rotatable bonds is 5. The second kappa shape index (κ2) is 6.30. The number of hydrogen-bond acceptors (Lipinski definition) is 4. The van der Waals surface area contributed by atoms with Gasteiger partial charge in [0, 0.05) is 24.8 Å². The first-order valence-corrected chi connectivity index (χ1v) is 7.15. The van der Waals surface area contributed by atoms with E-state index in [1.807, 2.05) is 6.92 Å². The van der Waals surface area contributed by atoms with E-state index in [1.165, 1.54) is 12.5 Å². The fourth-order valence-corrected chi connectivity index (χ4v) is 2.85. The molecule has 5 heteroatoms. The summed E-state index contributed by atoms with van der Waals surface area (Å²) in [5, 5.41) is 0. The van der Waals surface area contributed by atoms with Crippen LogP contribution >= 0.6 is 0 Å². The molecule has 1 aromatic heterocycles. The third-order valence-electron chi connectivity index (χ3n) is 3.71. The van der Waals surface area contributed by atoms with Gasteiger partial charge in [-0.1, -0.05) is 19.3 Å². The standard InChI is InChI=1S/C14H23N3O2/c1-2-19-14(7-4-3-5-8-14)13-16-11(6-9-15)10-12(18)17-13/h10H,2-9,15H2,1H3,(H,16,17,18). The Labute approximate surface area is 113 Å². The van der Waals surface area contributed by atoms with E-state index in [9.17, 15) is 4.79 Å². The van der Waals surface area contributed by atoms with E-state index in [-0.39, 0.29) is 5.56 Å². The fraction of sp³-hybridized carbons (Fsp3) is 0.714. The Morgan fingerprint density at radius 2 is 2.16 bits per heavy atom. The maximum Gasteiger partial charge on any atom is 0.251 e. The molecule has 0 aliphatic heterocycles. The number of ether oxygens (including phenoxy) is 1. The number of aromatic nitrogens is 2. The van der Waals surface area contributed by atoms with Crippen LogP contribution in [0.15, 0.2) is 10.9 Å². The van der Waals surface area contributed by atoms with Gasteiger partial charge in [0.2, 0.25) is 0 Å². The van der Waals surface area contributed by atoms with Crippen molar-refractivity contribution in [2.75, 3.05) is 13.2 Å². The average molecular weight is 265 g/mol. The van der Waals surface area contributed by atoms with Crippen molar-refractivity contribution in [2.45, 2.75) is 51.0 Å². The third kappa shape index (κ3) is 3.22. The molecule has 1 aliphatic carbocycles. The summed E-state index contributed by atoms with van der Waals surface area (Å²) in [6.07, 6.45) is 5.93. The van der Waals surface area contributed by atoms with Gasteiger partial charge in [0.1, 0.15) is 11.4 Å². The third-order valence-corrected chi connectivity index (χ3v) is 3.71. The summed E-state index contributed by atoms with van der Waals surface area (Å²) in [4.78, 5) is 19.2. The average Bonchev–Trinajstić information content (AvgIpc) is 2.40. The van der Waals surface area contributed by atoms with Gasteiger partial charge in [-0.05, 0) is 26.3 Å². The number of nitrogens with one attached hydrogen (secondary N) is 1. The Morgan fingerprint density at radius 3 is 2.79 bits per heavy atom. The quantitative estimate of drug-likeness (QED) is 0.844. The van der Waals surface area contributed by atoms with Crippen molar-refractivity contribution in [2.24, 2.45) is 5.73 Å². The molecule has 0 spiro atoms. The maximum atomic E-state index is 11.8. The molecular weight excluding hydrogens is 242 g/mol. The Morgan fingerprint density at radius 1 is 1.42 bits per heavy atom. The van der Waals surface area contributed by atoms with Gasteiger partial charge in [0.25, 0.3) is 5.56 Å². The van der Waals surface area contributed by atoms with Gasteiger partial charge in [-0.15, -0.1) is 0 Å². The number of H-pyrrole nitrogens is 1. The summed E-state index contributed by atoms with van der Waals surface area (Å²) in [6.45, 7) is 3.11. The minimum Gasteiger partial charge on any atom is -0.367 e. The zero-order valence-corrected chi connectivity index (χ0v) is 11.6. The molecule has 0 bridgehead atoms. The van der Waals surface area contributed by atoms with Crippen molar-refractivity contribution < 1.29 is 4.74 Å². The van der Waals surface area contributed by atoms with Gasteiger partial charge >= 0.3 is 0 Å². The maximum absolute atomic E-state index is 11.8. The van der Waals surface area contributed by atoms with Crippen LogP contribution in [0.3, 0.4) is 0 Å². The van der Waals surface area contributed by atoms with E-state index < -0.39 is 5.60 Å². The normalized spacial score (nSPS) is 18.4. The van der Waals surface area contributed by atoms with Crippen LogP contribution in [-0.2, 0) is 16.8 Å².